The van der Waals surface area contributed by atoms with Crippen LogP contribution in [0.15, 0.2) is 0 Å². The molecule has 1 aliphatic rings. The van der Waals surface area contributed by atoms with Gasteiger partial charge in [-0.2, -0.15) is 0 Å². The van der Waals surface area contributed by atoms with Crippen LogP contribution in [0.4, 0.5) is 5.13 Å². The summed E-state index contributed by atoms with van der Waals surface area (Å²) >= 11 is 1.66. The van der Waals surface area contributed by atoms with E-state index < -0.39 is 0 Å². The van der Waals surface area contributed by atoms with E-state index in [1.807, 2.05) is 6.92 Å². The molecule has 4 heteroatoms. The van der Waals surface area contributed by atoms with E-state index in [1.165, 1.54) is 32.1 Å². The van der Waals surface area contributed by atoms with Gasteiger partial charge < -0.3 is 10.0 Å². The molecule has 1 unspecified atom stereocenters. The maximum absolute atomic E-state index is 9.25. The van der Waals surface area contributed by atoms with E-state index in [9.17, 15) is 5.11 Å². The van der Waals surface area contributed by atoms with Gasteiger partial charge in [-0.05, 0) is 32.6 Å². The third kappa shape index (κ3) is 2.80. The second kappa shape index (κ2) is 5.83. The second-order valence-electron chi connectivity index (χ2n) is 4.79. The Labute approximate surface area is 107 Å². The van der Waals surface area contributed by atoms with E-state index in [4.69, 9.17) is 0 Å². The SMILES string of the molecule is CCCC1CCCCN1c1nc(C)c(CO)s1. The van der Waals surface area contributed by atoms with Crippen molar-refractivity contribution in [1.82, 2.24) is 4.98 Å². The van der Waals surface area contributed by atoms with Gasteiger partial charge in [0.25, 0.3) is 0 Å². The maximum atomic E-state index is 9.25. The van der Waals surface area contributed by atoms with Gasteiger partial charge in [0.15, 0.2) is 5.13 Å². The summed E-state index contributed by atoms with van der Waals surface area (Å²) in [5.41, 5.74) is 0.994. The first-order valence-electron chi connectivity index (χ1n) is 6.60. The van der Waals surface area contributed by atoms with Crippen molar-refractivity contribution in [2.24, 2.45) is 0 Å². The van der Waals surface area contributed by atoms with Crippen LogP contribution in [0.25, 0.3) is 0 Å². The molecular formula is C13H22N2OS. The van der Waals surface area contributed by atoms with Crippen molar-refractivity contribution in [3.63, 3.8) is 0 Å². The first kappa shape index (κ1) is 12.8. The number of thiazole rings is 1. The summed E-state index contributed by atoms with van der Waals surface area (Å²) in [4.78, 5) is 8.10. The van der Waals surface area contributed by atoms with Crippen LogP contribution in [0.3, 0.4) is 0 Å². The number of nitrogens with zero attached hydrogens (tertiary/aromatic N) is 2. The third-order valence-corrected chi connectivity index (χ3v) is 4.70. The summed E-state index contributed by atoms with van der Waals surface area (Å²) in [6.45, 7) is 5.49. The Hall–Kier alpha value is -0.610. The molecule has 2 heterocycles. The molecule has 17 heavy (non-hydrogen) atoms. The zero-order chi connectivity index (χ0) is 12.3. The van der Waals surface area contributed by atoms with Crippen LogP contribution in [0.1, 0.15) is 49.6 Å². The molecule has 0 radical (unpaired) electrons. The van der Waals surface area contributed by atoms with Gasteiger partial charge in [0.1, 0.15) is 0 Å². The molecular weight excluding hydrogens is 232 g/mol. The molecule has 0 bridgehead atoms. The number of hydrogen-bond acceptors (Lipinski definition) is 4. The van der Waals surface area contributed by atoms with E-state index >= 15 is 0 Å². The molecule has 3 nitrogen and oxygen atoms in total. The standard InChI is InChI=1S/C13H22N2OS/c1-3-6-11-7-4-5-8-15(11)13-14-10(2)12(9-16)17-13/h11,16H,3-9H2,1-2H3. The minimum absolute atomic E-state index is 0.121. The van der Waals surface area contributed by atoms with Crippen molar-refractivity contribution in [2.75, 3.05) is 11.4 Å². The molecule has 2 rings (SSSR count). The van der Waals surface area contributed by atoms with Gasteiger partial charge in [-0.3, -0.25) is 0 Å². The predicted octanol–water partition coefficient (Wildman–Crippen LogP) is 3.10. The van der Waals surface area contributed by atoms with Gasteiger partial charge in [0.2, 0.25) is 0 Å². The van der Waals surface area contributed by atoms with E-state index in [-0.39, 0.29) is 6.61 Å². The van der Waals surface area contributed by atoms with E-state index in [0.717, 1.165) is 22.2 Å². The highest BCUT2D eigenvalue weighted by Crippen LogP contribution is 2.32. The number of rotatable bonds is 4. The van der Waals surface area contributed by atoms with Gasteiger partial charge in [0.05, 0.1) is 17.2 Å². The van der Waals surface area contributed by atoms with Crippen molar-refractivity contribution < 1.29 is 5.11 Å². The van der Waals surface area contributed by atoms with E-state index in [1.54, 1.807) is 11.3 Å². The molecule has 1 atom stereocenters. The summed E-state index contributed by atoms with van der Waals surface area (Å²) < 4.78 is 0. The summed E-state index contributed by atoms with van der Waals surface area (Å²) in [7, 11) is 0. The minimum Gasteiger partial charge on any atom is -0.391 e. The molecule has 0 spiro atoms. The predicted molar refractivity (Wildman–Crippen MR) is 72.7 cm³/mol. The van der Waals surface area contributed by atoms with Gasteiger partial charge in [-0.1, -0.05) is 24.7 Å². The maximum Gasteiger partial charge on any atom is 0.186 e. The molecule has 1 N–H and O–H groups in total. The molecule has 1 fully saturated rings. The van der Waals surface area contributed by atoms with Crippen LogP contribution < -0.4 is 4.90 Å². The number of aliphatic hydroxyl groups excluding tert-OH is 1. The second-order valence-corrected chi connectivity index (χ2v) is 5.86. The van der Waals surface area contributed by atoms with Crippen molar-refractivity contribution in [2.45, 2.75) is 58.6 Å². The fourth-order valence-corrected chi connectivity index (χ4v) is 3.59. The van der Waals surface area contributed by atoms with Crippen LogP contribution in [-0.4, -0.2) is 22.7 Å². The van der Waals surface area contributed by atoms with Gasteiger partial charge in [-0.25, -0.2) is 4.98 Å². The quantitative estimate of drug-likeness (QED) is 0.897. The number of aryl methyl sites for hydroxylation is 1. The molecule has 96 valence electrons. The van der Waals surface area contributed by atoms with Crippen molar-refractivity contribution in [3.8, 4) is 0 Å². The minimum atomic E-state index is 0.121. The lowest BCUT2D eigenvalue weighted by Crippen LogP contribution is -2.39. The van der Waals surface area contributed by atoms with Crippen LogP contribution in [0.2, 0.25) is 0 Å². The average molecular weight is 254 g/mol. The number of hydrogen-bond donors (Lipinski definition) is 1. The molecule has 0 aliphatic carbocycles. The number of piperidine rings is 1. The Kier molecular flexibility index (Phi) is 4.40. The largest absolute Gasteiger partial charge is 0.391 e. The average Bonchev–Trinajstić information content (AvgIpc) is 2.71. The molecule has 0 amide bonds. The summed E-state index contributed by atoms with van der Waals surface area (Å²) in [5, 5.41) is 10.4. The third-order valence-electron chi connectivity index (χ3n) is 3.52. The van der Waals surface area contributed by atoms with Crippen molar-refractivity contribution in [1.29, 1.82) is 0 Å². The zero-order valence-electron chi connectivity index (χ0n) is 10.8. The first-order valence-corrected chi connectivity index (χ1v) is 7.41. The lowest BCUT2D eigenvalue weighted by atomic mass is 9.99. The highest BCUT2D eigenvalue weighted by Gasteiger charge is 2.24. The highest BCUT2D eigenvalue weighted by atomic mass is 32.1. The van der Waals surface area contributed by atoms with E-state index in [2.05, 4.69) is 16.8 Å². The Morgan fingerprint density at radius 1 is 1.47 bits per heavy atom. The van der Waals surface area contributed by atoms with Crippen LogP contribution in [0, 0.1) is 6.92 Å². The molecule has 1 aromatic heterocycles. The Balaban J connectivity index is 2.17. The van der Waals surface area contributed by atoms with E-state index in [0.29, 0.717) is 6.04 Å². The smallest absolute Gasteiger partial charge is 0.186 e. The van der Waals surface area contributed by atoms with Crippen molar-refractivity contribution in [3.05, 3.63) is 10.6 Å². The first-order chi connectivity index (χ1) is 8.26. The summed E-state index contributed by atoms with van der Waals surface area (Å²) in [6.07, 6.45) is 6.40. The summed E-state index contributed by atoms with van der Waals surface area (Å²) in [5.74, 6) is 0. The van der Waals surface area contributed by atoms with Gasteiger partial charge in [-0.15, -0.1) is 0 Å². The molecule has 1 aromatic rings. The fourth-order valence-electron chi connectivity index (χ4n) is 2.57. The fraction of sp³-hybridized carbons (Fsp3) is 0.769. The van der Waals surface area contributed by atoms with Crippen molar-refractivity contribution >= 4 is 16.5 Å². The molecule has 0 saturated carbocycles. The Morgan fingerprint density at radius 2 is 2.29 bits per heavy atom. The van der Waals surface area contributed by atoms with Gasteiger partial charge >= 0.3 is 0 Å². The molecule has 1 saturated heterocycles. The number of aliphatic hydroxyl groups is 1. The summed E-state index contributed by atoms with van der Waals surface area (Å²) in [6, 6.07) is 0.658. The molecule has 0 aromatic carbocycles. The topological polar surface area (TPSA) is 36.4 Å². The molecule has 1 aliphatic heterocycles. The Morgan fingerprint density at radius 3 is 2.94 bits per heavy atom. The Bertz CT molecular complexity index is 362. The highest BCUT2D eigenvalue weighted by molar-refractivity contribution is 7.15. The van der Waals surface area contributed by atoms with Crippen LogP contribution >= 0.6 is 11.3 Å². The lowest BCUT2D eigenvalue weighted by molar-refractivity contribution is 0.284. The zero-order valence-corrected chi connectivity index (χ0v) is 11.6. The van der Waals surface area contributed by atoms with Crippen LogP contribution in [-0.2, 0) is 6.61 Å². The number of aromatic nitrogens is 1. The monoisotopic (exact) mass is 254 g/mol. The normalized spacial score (nSPS) is 20.9. The lowest BCUT2D eigenvalue weighted by Gasteiger charge is -2.35. The number of anilines is 1. The van der Waals surface area contributed by atoms with Crippen LogP contribution in [0.5, 0.6) is 0 Å². The van der Waals surface area contributed by atoms with Gasteiger partial charge in [0, 0.05) is 12.6 Å².